The molecule has 0 fully saturated rings. The molecule has 1 atom stereocenters. The third-order valence-corrected chi connectivity index (χ3v) is 3.09. The van der Waals surface area contributed by atoms with Crippen LogP contribution in [-0.4, -0.2) is 42.2 Å². The molecule has 1 aromatic rings. The molecule has 6 nitrogen and oxygen atoms in total. The Kier molecular flexibility index (Phi) is 6.52. The van der Waals surface area contributed by atoms with E-state index in [2.05, 4.69) is 5.32 Å². The van der Waals surface area contributed by atoms with Crippen molar-refractivity contribution >= 4 is 12.0 Å². The summed E-state index contributed by atoms with van der Waals surface area (Å²) in [5.74, 6) is -0.0872. The van der Waals surface area contributed by atoms with Crippen LogP contribution < -0.4 is 10.1 Å². The van der Waals surface area contributed by atoms with Crippen molar-refractivity contribution in [2.45, 2.75) is 32.4 Å². The fraction of sp³-hybridized carbons (Fsp3) is 0.467. The maximum Gasteiger partial charge on any atom is 0.317 e. The Hall–Kier alpha value is -2.24. The molecule has 0 aliphatic carbocycles. The number of nitrogens with one attached hydrogen (secondary N) is 1. The van der Waals surface area contributed by atoms with Crippen LogP contribution in [0.25, 0.3) is 0 Å². The van der Waals surface area contributed by atoms with Crippen molar-refractivity contribution in [3.8, 4) is 5.75 Å². The van der Waals surface area contributed by atoms with Crippen LogP contribution in [0.2, 0.25) is 0 Å². The number of nitrogens with zero attached hydrogens (tertiary/aromatic N) is 1. The monoisotopic (exact) mass is 294 g/mol. The summed E-state index contributed by atoms with van der Waals surface area (Å²) in [6.45, 7) is 2.27. The predicted octanol–water partition coefficient (Wildman–Crippen LogP) is 2.09. The zero-order valence-electron chi connectivity index (χ0n) is 12.6. The van der Waals surface area contributed by atoms with E-state index in [-0.39, 0.29) is 18.5 Å². The number of rotatable bonds is 7. The van der Waals surface area contributed by atoms with Crippen molar-refractivity contribution in [2.24, 2.45) is 0 Å². The van der Waals surface area contributed by atoms with E-state index in [9.17, 15) is 9.59 Å². The van der Waals surface area contributed by atoms with E-state index >= 15 is 0 Å². The van der Waals surface area contributed by atoms with Gasteiger partial charge in [0, 0.05) is 26.1 Å². The maximum atomic E-state index is 12.0. The molecular formula is C15H22N2O4. The molecule has 1 aromatic carbocycles. The molecule has 21 heavy (non-hydrogen) atoms. The van der Waals surface area contributed by atoms with E-state index in [1.165, 1.54) is 0 Å². The number of carbonyl (C=O) groups excluding carboxylic acids is 1. The topological polar surface area (TPSA) is 78.9 Å². The summed E-state index contributed by atoms with van der Waals surface area (Å²) >= 11 is 0. The molecule has 0 aromatic heterocycles. The molecule has 0 aliphatic rings. The molecule has 1 unspecified atom stereocenters. The first-order valence-electron chi connectivity index (χ1n) is 6.78. The Labute approximate surface area is 124 Å². The van der Waals surface area contributed by atoms with Crippen LogP contribution in [0.5, 0.6) is 5.75 Å². The summed E-state index contributed by atoms with van der Waals surface area (Å²) in [6.07, 6.45) is 0.459. The number of amides is 2. The molecule has 0 bridgehead atoms. The number of hydrogen-bond acceptors (Lipinski definition) is 3. The molecule has 6 heteroatoms. The van der Waals surface area contributed by atoms with E-state index in [0.29, 0.717) is 13.0 Å². The lowest BCUT2D eigenvalue weighted by Crippen LogP contribution is -2.41. The average molecular weight is 294 g/mol. The SMILES string of the molecule is COc1ccc(CN(C)C(=O)NC(C)CCC(=O)O)cc1. The highest BCUT2D eigenvalue weighted by Crippen LogP contribution is 2.12. The normalized spacial score (nSPS) is 11.6. The molecule has 116 valence electrons. The van der Waals surface area contributed by atoms with E-state index in [1.807, 2.05) is 24.3 Å². The maximum absolute atomic E-state index is 12.0. The van der Waals surface area contributed by atoms with Gasteiger partial charge in [0.15, 0.2) is 0 Å². The van der Waals surface area contributed by atoms with Gasteiger partial charge < -0.3 is 20.1 Å². The molecule has 0 saturated heterocycles. The predicted molar refractivity (Wildman–Crippen MR) is 79.3 cm³/mol. The van der Waals surface area contributed by atoms with Gasteiger partial charge in [0.05, 0.1) is 7.11 Å². The largest absolute Gasteiger partial charge is 0.497 e. The second-order valence-corrected chi connectivity index (χ2v) is 4.99. The number of urea groups is 1. The third-order valence-electron chi connectivity index (χ3n) is 3.09. The quantitative estimate of drug-likeness (QED) is 0.807. The zero-order valence-corrected chi connectivity index (χ0v) is 12.6. The molecule has 0 radical (unpaired) electrons. The highest BCUT2D eigenvalue weighted by atomic mass is 16.5. The molecule has 0 heterocycles. The Morgan fingerprint density at radius 3 is 2.48 bits per heavy atom. The van der Waals surface area contributed by atoms with Crippen LogP contribution in [0.15, 0.2) is 24.3 Å². The van der Waals surface area contributed by atoms with Crippen LogP contribution in [0, 0.1) is 0 Å². The summed E-state index contributed by atoms with van der Waals surface area (Å²) in [5.41, 5.74) is 0.992. The summed E-state index contributed by atoms with van der Waals surface area (Å²) in [4.78, 5) is 24.0. The van der Waals surface area contributed by atoms with E-state index in [0.717, 1.165) is 11.3 Å². The summed E-state index contributed by atoms with van der Waals surface area (Å²) in [5, 5.41) is 11.4. The summed E-state index contributed by atoms with van der Waals surface area (Å²) in [6, 6.07) is 7.09. The van der Waals surface area contributed by atoms with Gasteiger partial charge in [-0.1, -0.05) is 12.1 Å². The summed E-state index contributed by atoms with van der Waals surface area (Å²) < 4.78 is 5.08. The van der Waals surface area contributed by atoms with E-state index < -0.39 is 5.97 Å². The minimum absolute atomic E-state index is 0.0453. The Bertz CT molecular complexity index is 473. The van der Waals surface area contributed by atoms with Crippen molar-refractivity contribution in [2.75, 3.05) is 14.2 Å². The lowest BCUT2D eigenvalue weighted by atomic mass is 10.2. The number of ether oxygens (including phenoxy) is 1. The van der Waals surface area contributed by atoms with Gasteiger partial charge in [-0.2, -0.15) is 0 Å². The number of carbonyl (C=O) groups is 2. The first kappa shape index (κ1) is 16.8. The second-order valence-electron chi connectivity index (χ2n) is 4.99. The molecule has 0 spiro atoms. The summed E-state index contributed by atoms with van der Waals surface area (Å²) in [7, 11) is 3.30. The van der Waals surface area contributed by atoms with Crippen molar-refractivity contribution in [3.05, 3.63) is 29.8 Å². The van der Waals surface area contributed by atoms with Crippen LogP contribution >= 0.6 is 0 Å². The highest BCUT2D eigenvalue weighted by molar-refractivity contribution is 5.74. The molecule has 2 N–H and O–H groups in total. The van der Waals surface area contributed by atoms with Gasteiger partial charge >= 0.3 is 12.0 Å². The van der Waals surface area contributed by atoms with Crippen molar-refractivity contribution in [3.63, 3.8) is 0 Å². The fourth-order valence-electron chi connectivity index (χ4n) is 1.81. The first-order chi connectivity index (χ1) is 9.92. The van der Waals surface area contributed by atoms with Crippen molar-refractivity contribution in [1.82, 2.24) is 10.2 Å². The molecule has 2 amide bonds. The smallest absolute Gasteiger partial charge is 0.317 e. The number of benzene rings is 1. The number of hydrogen-bond donors (Lipinski definition) is 2. The number of methoxy groups -OCH3 is 1. The first-order valence-corrected chi connectivity index (χ1v) is 6.78. The lowest BCUT2D eigenvalue weighted by Gasteiger charge is -2.21. The van der Waals surface area contributed by atoms with Gasteiger partial charge in [-0.15, -0.1) is 0 Å². The van der Waals surface area contributed by atoms with Crippen LogP contribution in [0.4, 0.5) is 4.79 Å². The average Bonchev–Trinajstić information content (AvgIpc) is 2.45. The number of aliphatic carboxylic acids is 1. The van der Waals surface area contributed by atoms with Crippen molar-refractivity contribution in [1.29, 1.82) is 0 Å². The molecule has 0 saturated carbocycles. The highest BCUT2D eigenvalue weighted by Gasteiger charge is 2.13. The fourth-order valence-corrected chi connectivity index (χ4v) is 1.81. The van der Waals surface area contributed by atoms with Crippen LogP contribution in [0.1, 0.15) is 25.3 Å². The Morgan fingerprint density at radius 1 is 1.33 bits per heavy atom. The van der Waals surface area contributed by atoms with E-state index in [4.69, 9.17) is 9.84 Å². The third kappa shape index (κ3) is 6.16. The van der Waals surface area contributed by atoms with Gasteiger partial charge in [-0.25, -0.2) is 4.79 Å². The number of carboxylic acids is 1. The standard InChI is InChI=1S/C15H22N2O4/c1-11(4-9-14(18)19)16-15(20)17(2)10-12-5-7-13(21-3)8-6-12/h5-8,11H,4,9-10H2,1-3H3,(H,16,20)(H,18,19). The molecule has 1 rings (SSSR count). The minimum Gasteiger partial charge on any atom is -0.497 e. The number of carboxylic acid groups (broad SMARTS) is 1. The van der Waals surface area contributed by atoms with Gasteiger partial charge in [-0.05, 0) is 31.0 Å². The lowest BCUT2D eigenvalue weighted by molar-refractivity contribution is -0.137. The van der Waals surface area contributed by atoms with Gasteiger partial charge in [0.25, 0.3) is 0 Å². The van der Waals surface area contributed by atoms with E-state index in [1.54, 1.807) is 26.0 Å². The molecule has 0 aliphatic heterocycles. The van der Waals surface area contributed by atoms with Crippen molar-refractivity contribution < 1.29 is 19.4 Å². The van der Waals surface area contributed by atoms with Gasteiger partial charge in [0.2, 0.25) is 0 Å². The Morgan fingerprint density at radius 2 is 1.95 bits per heavy atom. The van der Waals surface area contributed by atoms with Crippen LogP contribution in [-0.2, 0) is 11.3 Å². The van der Waals surface area contributed by atoms with Gasteiger partial charge in [-0.3, -0.25) is 4.79 Å². The molecular weight excluding hydrogens is 272 g/mol. The Balaban J connectivity index is 2.44. The zero-order chi connectivity index (χ0) is 15.8. The van der Waals surface area contributed by atoms with Crippen LogP contribution in [0.3, 0.4) is 0 Å². The minimum atomic E-state index is -0.859. The second kappa shape index (κ2) is 8.14. The van der Waals surface area contributed by atoms with Gasteiger partial charge in [0.1, 0.15) is 5.75 Å².